The average molecular weight is 348 g/mol. The molecule has 0 radical (unpaired) electrons. The van der Waals surface area contributed by atoms with Crippen LogP contribution >= 0.6 is 0 Å². The van der Waals surface area contributed by atoms with E-state index >= 15 is 0 Å². The van der Waals surface area contributed by atoms with Crippen LogP contribution in [0.4, 0.5) is 0 Å². The van der Waals surface area contributed by atoms with Gasteiger partial charge in [-0.1, -0.05) is 0 Å². The van der Waals surface area contributed by atoms with E-state index in [0.29, 0.717) is 12.0 Å². The lowest BCUT2D eigenvalue weighted by molar-refractivity contribution is -0.142. The maximum atomic E-state index is 12.6. The second-order valence-electron chi connectivity index (χ2n) is 7.80. The summed E-state index contributed by atoms with van der Waals surface area (Å²) in [6.07, 6.45) is 7.31. The van der Waals surface area contributed by atoms with Crippen molar-refractivity contribution in [1.82, 2.24) is 19.6 Å². The lowest BCUT2D eigenvalue weighted by Gasteiger charge is -2.24. The fraction of sp³-hybridized carbons (Fsp3) is 0.789. The van der Waals surface area contributed by atoms with E-state index in [1.165, 1.54) is 18.4 Å². The standard InChI is InChI=1S/C19H32N4O2/c1-15(2)23-13-18(11-20-23)12-21-7-4-8-22(10-9-21)19(24)16(3)25-14-17-5-6-17/h11,13,15-17H,4-10,12,14H2,1-3H3/t16-/m0/s1. The Balaban J connectivity index is 1.46. The minimum absolute atomic E-state index is 0.148. The molecule has 0 unspecified atom stereocenters. The third-order valence-corrected chi connectivity index (χ3v) is 5.12. The maximum Gasteiger partial charge on any atom is 0.251 e. The third-order valence-electron chi connectivity index (χ3n) is 5.12. The predicted molar refractivity (Wildman–Crippen MR) is 97.2 cm³/mol. The fourth-order valence-corrected chi connectivity index (χ4v) is 3.24. The summed E-state index contributed by atoms with van der Waals surface area (Å²) in [4.78, 5) is 17.0. The first-order valence-electron chi connectivity index (χ1n) is 9.68. The minimum atomic E-state index is -0.309. The van der Waals surface area contributed by atoms with Gasteiger partial charge in [0.15, 0.2) is 0 Å². The molecule has 0 spiro atoms. The smallest absolute Gasteiger partial charge is 0.251 e. The zero-order chi connectivity index (χ0) is 17.8. The summed E-state index contributed by atoms with van der Waals surface area (Å²) in [6.45, 7) is 11.4. The molecule has 6 heteroatoms. The van der Waals surface area contributed by atoms with Gasteiger partial charge in [-0.25, -0.2) is 0 Å². The van der Waals surface area contributed by atoms with Crippen LogP contribution < -0.4 is 0 Å². The number of amides is 1. The molecule has 0 bridgehead atoms. The van der Waals surface area contributed by atoms with Crippen molar-refractivity contribution in [3.05, 3.63) is 18.0 Å². The number of hydrogen-bond donors (Lipinski definition) is 0. The summed E-state index contributed by atoms with van der Waals surface area (Å²) < 4.78 is 7.76. The van der Waals surface area contributed by atoms with Gasteiger partial charge in [-0.2, -0.15) is 5.10 Å². The summed E-state index contributed by atoms with van der Waals surface area (Å²) in [6, 6.07) is 0.392. The zero-order valence-corrected chi connectivity index (χ0v) is 15.9. The van der Waals surface area contributed by atoms with Gasteiger partial charge in [0.25, 0.3) is 5.91 Å². The molecule has 6 nitrogen and oxygen atoms in total. The van der Waals surface area contributed by atoms with E-state index in [4.69, 9.17) is 4.74 Å². The summed E-state index contributed by atoms with van der Waals surface area (Å²) in [5.41, 5.74) is 1.25. The van der Waals surface area contributed by atoms with Gasteiger partial charge in [0.2, 0.25) is 0 Å². The SMILES string of the molecule is CC(C)n1cc(CN2CCCN(C(=O)[C@H](C)OCC3CC3)CC2)cn1. The molecule has 1 amide bonds. The number of ether oxygens (including phenoxy) is 1. The summed E-state index contributed by atoms with van der Waals surface area (Å²) in [7, 11) is 0. The minimum Gasteiger partial charge on any atom is -0.368 e. The van der Waals surface area contributed by atoms with Crippen LogP contribution in [0.15, 0.2) is 12.4 Å². The van der Waals surface area contributed by atoms with Gasteiger partial charge >= 0.3 is 0 Å². The summed E-state index contributed by atoms with van der Waals surface area (Å²) in [5, 5.41) is 4.42. The average Bonchev–Trinajstić information content (AvgIpc) is 3.34. The van der Waals surface area contributed by atoms with Crippen LogP contribution in [0.2, 0.25) is 0 Å². The number of hydrogen-bond acceptors (Lipinski definition) is 4. The van der Waals surface area contributed by atoms with E-state index in [1.807, 2.05) is 22.7 Å². The lowest BCUT2D eigenvalue weighted by Crippen LogP contribution is -2.41. The van der Waals surface area contributed by atoms with Crippen LogP contribution in [0.25, 0.3) is 0 Å². The van der Waals surface area contributed by atoms with Crippen LogP contribution in [0, 0.1) is 5.92 Å². The Kier molecular flexibility index (Phi) is 6.12. The van der Waals surface area contributed by atoms with Gasteiger partial charge in [0.1, 0.15) is 6.10 Å². The number of nitrogens with zero attached hydrogens (tertiary/aromatic N) is 4. The number of rotatable bonds is 7. The van der Waals surface area contributed by atoms with Crippen molar-refractivity contribution in [2.45, 2.75) is 58.7 Å². The molecule has 0 aromatic carbocycles. The first-order chi connectivity index (χ1) is 12.0. The molecular weight excluding hydrogens is 316 g/mol. The monoisotopic (exact) mass is 348 g/mol. The van der Waals surface area contributed by atoms with Gasteiger partial charge in [-0.05, 0) is 46.0 Å². The Morgan fingerprint density at radius 1 is 1.24 bits per heavy atom. The molecule has 2 heterocycles. The molecule has 2 aliphatic rings. The number of aromatic nitrogens is 2. The lowest BCUT2D eigenvalue weighted by atomic mass is 10.3. The fourth-order valence-electron chi connectivity index (χ4n) is 3.24. The van der Waals surface area contributed by atoms with Crippen LogP contribution in [0.1, 0.15) is 51.6 Å². The highest BCUT2D eigenvalue weighted by molar-refractivity contribution is 5.80. The van der Waals surface area contributed by atoms with E-state index in [9.17, 15) is 4.79 Å². The predicted octanol–water partition coefficient (Wildman–Crippen LogP) is 2.31. The molecule has 1 aliphatic carbocycles. The number of carbonyl (C=O) groups is 1. The van der Waals surface area contributed by atoms with E-state index in [0.717, 1.165) is 45.8 Å². The molecule has 3 rings (SSSR count). The zero-order valence-electron chi connectivity index (χ0n) is 15.9. The molecule has 2 fully saturated rings. The van der Waals surface area contributed by atoms with E-state index in [-0.39, 0.29) is 12.0 Å². The largest absolute Gasteiger partial charge is 0.368 e. The Bertz CT molecular complexity index is 568. The maximum absolute atomic E-state index is 12.6. The first-order valence-corrected chi connectivity index (χ1v) is 9.68. The molecule has 1 aliphatic heterocycles. The molecule has 25 heavy (non-hydrogen) atoms. The Morgan fingerprint density at radius 3 is 2.72 bits per heavy atom. The van der Waals surface area contributed by atoms with Crippen molar-refractivity contribution in [2.75, 3.05) is 32.8 Å². The topological polar surface area (TPSA) is 50.6 Å². The third kappa shape index (κ3) is 5.28. The number of carbonyl (C=O) groups excluding carboxylic acids is 1. The molecule has 1 atom stereocenters. The molecule has 1 saturated heterocycles. The van der Waals surface area contributed by atoms with Crippen molar-refractivity contribution in [3.63, 3.8) is 0 Å². The van der Waals surface area contributed by atoms with Crippen molar-refractivity contribution < 1.29 is 9.53 Å². The normalized spacial score (nSPS) is 20.7. The first kappa shape index (κ1) is 18.4. The van der Waals surface area contributed by atoms with Crippen molar-refractivity contribution >= 4 is 5.91 Å². The van der Waals surface area contributed by atoms with E-state index < -0.39 is 0 Å². The summed E-state index contributed by atoms with van der Waals surface area (Å²) >= 11 is 0. The highest BCUT2D eigenvalue weighted by Gasteiger charge is 2.27. The van der Waals surface area contributed by atoms with E-state index in [2.05, 4.69) is 30.0 Å². The molecular formula is C19H32N4O2. The second-order valence-corrected chi connectivity index (χ2v) is 7.80. The van der Waals surface area contributed by atoms with Gasteiger partial charge in [0, 0.05) is 50.5 Å². The van der Waals surface area contributed by atoms with Gasteiger partial charge in [-0.3, -0.25) is 14.4 Å². The Hall–Kier alpha value is -1.40. The van der Waals surface area contributed by atoms with Crippen molar-refractivity contribution in [3.8, 4) is 0 Å². The molecule has 1 aromatic rings. The van der Waals surface area contributed by atoms with Crippen LogP contribution in [0.3, 0.4) is 0 Å². The Morgan fingerprint density at radius 2 is 2.04 bits per heavy atom. The van der Waals surface area contributed by atoms with Gasteiger partial charge in [0.05, 0.1) is 12.8 Å². The van der Waals surface area contributed by atoms with Crippen LogP contribution in [0.5, 0.6) is 0 Å². The molecule has 1 saturated carbocycles. The molecule has 0 N–H and O–H groups in total. The second kappa shape index (κ2) is 8.32. The molecule has 1 aromatic heterocycles. The Labute approximate surface area is 151 Å². The van der Waals surface area contributed by atoms with Gasteiger partial charge < -0.3 is 9.64 Å². The van der Waals surface area contributed by atoms with Gasteiger partial charge in [-0.15, -0.1) is 0 Å². The molecule has 140 valence electrons. The van der Waals surface area contributed by atoms with Crippen molar-refractivity contribution in [1.29, 1.82) is 0 Å². The quantitative estimate of drug-likeness (QED) is 0.759. The van der Waals surface area contributed by atoms with Crippen LogP contribution in [-0.4, -0.2) is 64.4 Å². The highest BCUT2D eigenvalue weighted by atomic mass is 16.5. The highest BCUT2D eigenvalue weighted by Crippen LogP contribution is 2.29. The summed E-state index contributed by atoms with van der Waals surface area (Å²) in [5.74, 6) is 0.844. The van der Waals surface area contributed by atoms with Crippen LogP contribution in [-0.2, 0) is 16.1 Å². The van der Waals surface area contributed by atoms with Crippen molar-refractivity contribution in [2.24, 2.45) is 5.92 Å². The van der Waals surface area contributed by atoms with E-state index in [1.54, 1.807) is 0 Å².